The lowest BCUT2D eigenvalue weighted by atomic mass is 10.1. The summed E-state index contributed by atoms with van der Waals surface area (Å²) in [7, 11) is 1.99. The minimum Gasteiger partial charge on any atom is -0.370 e. The number of carbonyl (C=O) groups is 1. The van der Waals surface area contributed by atoms with Crippen LogP contribution < -0.4 is 11.5 Å². The van der Waals surface area contributed by atoms with E-state index in [0.29, 0.717) is 18.9 Å². The van der Waals surface area contributed by atoms with E-state index in [1.165, 1.54) is 0 Å². The lowest BCUT2D eigenvalue weighted by Gasteiger charge is -2.26. The molecule has 0 aliphatic heterocycles. The first kappa shape index (κ1) is 13.4. The van der Waals surface area contributed by atoms with Gasteiger partial charge < -0.3 is 16.4 Å². The molecule has 4 N–H and O–H groups in total. The second-order valence-corrected chi connectivity index (χ2v) is 4.22. The Morgan fingerprint density at radius 2 is 2.00 bits per heavy atom. The maximum absolute atomic E-state index is 10.8. The fourth-order valence-corrected chi connectivity index (χ4v) is 1.30. The Balaban J connectivity index is 3.90. The number of nitrogens with two attached hydrogens (primary N) is 2. The van der Waals surface area contributed by atoms with Gasteiger partial charge in [0, 0.05) is 19.0 Å². The third kappa shape index (κ3) is 5.94. The summed E-state index contributed by atoms with van der Waals surface area (Å²) in [5.41, 5.74) is 10.7. The van der Waals surface area contributed by atoms with Crippen LogP contribution in [0.15, 0.2) is 0 Å². The number of hydrogen-bond donors (Lipinski definition) is 2. The largest absolute Gasteiger partial charge is 0.370 e. The minimum atomic E-state index is -0.281. The topological polar surface area (TPSA) is 72.3 Å². The van der Waals surface area contributed by atoms with Gasteiger partial charge in [0.25, 0.3) is 0 Å². The van der Waals surface area contributed by atoms with Crippen molar-refractivity contribution in [2.45, 2.75) is 32.7 Å². The Labute approximate surface area is 86.6 Å². The normalized spacial score (nSPS) is 13.6. The lowest BCUT2D eigenvalue weighted by molar-refractivity contribution is -0.119. The van der Waals surface area contributed by atoms with E-state index in [1.54, 1.807) is 0 Å². The Bertz CT molecular complexity index is 171. The average Bonchev–Trinajstić information content (AvgIpc) is 2.09. The molecule has 4 heteroatoms. The van der Waals surface area contributed by atoms with Gasteiger partial charge in [0.2, 0.25) is 5.91 Å². The molecule has 84 valence electrons. The van der Waals surface area contributed by atoms with Crippen LogP contribution in [0.3, 0.4) is 0 Å². The molecule has 0 saturated heterocycles. The summed E-state index contributed by atoms with van der Waals surface area (Å²) in [4.78, 5) is 12.9. The van der Waals surface area contributed by atoms with Gasteiger partial charge in [0.05, 0.1) is 0 Å². The molecule has 4 nitrogen and oxygen atoms in total. The van der Waals surface area contributed by atoms with Gasteiger partial charge in [-0.15, -0.1) is 0 Å². The van der Waals surface area contributed by atoms with E-state index in [4.69, 9.17) is 11.5 Å². The molecule has 0 fully saturated rings. The predicted octanol–water partition coefficient (Wildman–Crippen LogP) is 0.167. The van der Waals surface area contributed by atoms with E-state index in [9.17, 15) is 4.79 Å². The highest BCUT2D eigenvalue weighted by Crippen LogP contribution is 2.05. The molecule has 0 heterocycles. The Morgan fingerprint density at radius 1 is 1.43 bits per heavy atom. The average molecular weight is 201 g/mol. The maximum Gasteiger partial charge on any atom is 0.219 e. The maximum atomic E-state index is 10.8. The highest BCUT2D eigenvalue weighted by Gasteiger charge is 2.15. The number of amides is 1. The highest BCUT2D eigenvalue weighted by atomic mass is 16.1. The molecule has 0 bridgehead atoms. The summed E-state index contributed by atoms with van der Waals surface area (Å²) in [6, 6.07) is 0.0891. The van der Waals surface area contributed by atoms with Crippen molar-refractivity contribution in [3.05, 3.63) is 0 Å². The molecule has 0 aromatic carbocycles. The van der Waals surface area contributed by atoms with Crippen LogP contribution in [0.1, 0.15) is 26.7 Å². The van der Waals surface area contributed by atoms with E-state index in [-0.39, 0.29) is 11.9 Å². The van der Waals surface area contributed by atoms with Crippen molar-refractivity contribution in [2.75, 3.05) is 20.1 Å². The van der Waals surface area contributed by atoms with Crippen LogP contribution in [0.5, 0.6) is 0 Å². The van der Waals surface area contributed by atoms with Crippen LogP contribution in [0.4, 0.5) is 0 Å². The Morgan fingerprint density at radius 3 is 2.36 bits per heavy atom. The molecular formula is C10H23N3O. The van der Waals surface area contributed by atoms with Crippen LogP contribution in [0, 0.1) is 5.92 Å². The molecule has 0 saturated carbocycles. The Kier molecular flexibility index (Phi) is 6.49. The molecule has 0 radical (unpaired) electrons. The second-order valence-electron chi connectivity index (χ2n) is 4.22. The lowest BCUT2D eigenvalue weighted by Crippen LogP contribution is -2.41. The fourth-order valence-electron chi connectivity index (χ4n) is 1.30. The second kappa shape index (κ2) is 6.79. The zero-order valence-corrected chi connectivity index (χ0v) is 9.49. The number of nitrogens with zero attached hydrogens (tertiary/aromatic N) is 1. The van der Waals surface area contributed by atoms with Crippen LogP contribution in [-0.4, -0.2) is 37.0 Å². The summed E-state index contributed by atoms with van der Waals surface area (Å²) in [6.07, 6.45) is 1.47. The van der Waals surface area contributed by atoms with Gasteiger partial charge >= 0.3 is 0 Å². The predicted molar refractivity (Wildman–Crippen MR) is 58.7 cm³/mol. The minimum absolute atomic E-state index is 0.0891. The zero-order chi connectivity index (χ0) is 11.1. The first-order chi connectivity index (χ1) is 6.47. The number of carbonyl (C=O) groups excluding carboxylic acids is 1. The molecule has 0 rings (SSSR count). The molecule has 1 atom stereocenters. The molecule has 14 heavy (non-hydrogen) atoms. The smallest absolute Gasteiger partial charge is 0.219 e. The third-order valence-corrected chi connectivity index (χ3v) is 2.39. The third-order valence-electron chi connectivity index (χ3n) is 2.39. The summed E-state index contributed by atoms with van der Waals surface area (Å²) < 4.78 is 0. The first-order valence-corrected chi connectivity index (χ1v) is 5.16. The van der Waals surface area contributed by atoms with Crippen molar-refractivity contribution in [3.8, 4) is 0 Å². The van der Waals surface area contributed by atoms with Crippen LogP contribution in [0.25, 0.3) is 0 Å². The van der Waals surface area contributed by atoms with Gasteiger partial charge in [-0.05, 0) is 25.9 Å². The molecule has 0 spiro atoms. The van der Waals surface area contributed by atoms with Crippen molar-refractivity contribution in [1.82, 2.24) is 4.90 Å². The van der Waals surface area contributed by atoms with E-state index in [0.717, 1.165) is 13.0 Å². The number of likely N-dealkylation sites (N-methyl/N-ethyl adjacent to an activating group) is 1. The van der Waals surface area contributed by atoms with Crippen molar-refractivity contribution < 1.29 is 4.79 Å². The van der Waals surface area contributed by atoms with Crippen LogP contribution in [-0.2, 0) is 4.79 Å². The SMILES string of the molecule is CC(C)CCN(C)C(CN)CC(N)=O. The van der Waals surface area contributed by atoms with Gasteiger partial charge in [-0.3, -0.25) is 4.79 Å². The quantitative estimate of drug-likeness (QED) is 0.616. The van der Waals surface area contributed by atoms with Crippen molar-refractivity contribution in [1.29, 1.82) is 0 Å². The van der Waals surface area contributed by atoms with Gasteiger partial charge in [-0.2, -0.15) is 0 Å². The monoisotopic (exact) mass is 201 g/mol. The first-order valence-electron chi connectivity index (χ1n) is 5.16. The van der Waals surface area contributed by atoms with E-state index >= 15 is 0 Å². The van der Waals surface area contributed by atoms with Gasteiger partial charge in [0.15, 0.2) is 0 Å². The zero-order valence-electron chi connectivity index (χ0n) is 9.49. The summed E-state index contributed by atoms with van der Waals surface area (Å²) in [5.74, 6) is 0.390. The van der Waals surface area contributed by atoms with Crippen molar-refractivity contribution in [3.63, 3.8) is 0 Å². The highest BCUT2D eigenvalue weighted by molar-refractivity contribution is 5.74. The van der Waals surface area contributed by atoms with E-state index in [2.05, 4.69) is 18.7 Å². The molecular weight excluding hydrogens is 178 g/mol. The van der Waals surface area contributed by atoms with E-state index in [1.807, 2.05) is 7.05 Å². The van der Waals surface area contributed by atoms with Gasteiger partial charge in [-0.1, -0.05) is 13.8 Å². The number of rotatable bonds is 7. The fraction of sp³-hybridized carbons (Fsp3) is 0.900. The van der Waals surface area contributed by atoms with Crippen molar-refractivity contribution >= 4 is 5.91 Å². The molecule has 0 aromatic heterocycles. The van der Waals surface area contributed by atoms with Gasteiger partial charge in [0.1, 0.15) is 0 Å². The molecule has 0 aliphatic rings. The van der Waals surface area contributed by atoms with Crippen LogP contribution in [0.2, 0.25) is 0 Å². The number of primary amides is 1. The molecule has 0 aliphatic carbocycles. The molecule has 1 unspecified atom stereocenters. The number of hydrogen-bond acceptors (Lipinski definition) is 3. The summed E-state index contributed by atoms with van der Waals surface area (Å²) >= 11 is 0. The standard InChI is InChI=1S/C10H23N3O/c1-8(2)4-5-13(3)9(7-11)6-10(12)14/h8-9H,4-7,11H2,1-3H3,(H2,12,14). The summed E-state index contributed by atoms with van der Waals surface area (Å²) in [5, 5.41) is 0. The molecule has 1 amide bonds. The van der Waals surface area contributed by atoms with E-state index < -0.39 is 0 Å². The Hall–Kier alpha value is -0.610. The molecule has 0 aromatic rings. The van der Waals surface area contributed by atoms with Crippen molar-refractivity contribution in [2.24, 2.45) is 17.4 Å². The van der Waals surface area contributed by atoms with Gasteiger partial charge in [-0.25, -0.2) is 0 Å². The van der Waals surface area contributed by atoms with Crippen LogP contribution >= 0.6 is 0 Å². The summed E-state index contributed by atoms with van der Waals surface area (Å²) in [6.45, 7) is 5.81.